The van der Waals surface area contributed by atoms with Crippen LogP contribution in [0.5, 0.6) is 0 Å². The highest BCUT2D eigenvalue weighted by molar-refractivity contribution is 7.91. The number of rotatable bonds is 3. The van der Waals surface area contributed by atoms with Gasteiger partial charge in [0.2, 0.25) is 0 Å². The van der Waals surface area contributed by atoms with Gasteiger partial charge < -0.3 is 9.66 Å². The topological polar surface area (TPSA) is 85.6 Å². The minimum Gasteiger partial charge on any atom is -0.591 e. The molecule has 1 atom stereocenters. The largest absolute Gasteiger partial charge is 0.591 e. The number of hydrogen-bond acceptors (Lipinski definition) is 5. The lowest BCUT2D eigenvalue weighted by Gasteiger charge is -2.17. The molecule has 1 aromatic heterocycles. The van der Waals surface area contributed by atoms with Gasteiger partial charge in [0.15, 0.2) is 0 Å². The highest BCUT2D eigenvalue weighted by Gasteiger charge is 2.25. The second kappa shape index (κ2) is 4.94. The molecule has 1 unspecified atom stereocenters. The van der Waals surface area contributed by atoms with E-state index < -0.39 is 22.1 Å². The first-order chi connectivity index (χ1) is 7.30. The maximum atomic E-state index is 11.6. The maximum absolute atomic E-state index is 11.6. The lowest BCUT2D eigenvalue weighted by molar-refractivity contribution is 0.0702. The Bertz CT molecular complexity index is 409. The van der Waals surface area contributed by atoms with Crippen molar-refractivity contribution in [3.63, 3.8) is 0 Å². The third-order valence-electron chi connectivity index (χ3n) is 1.52. The summed E-state index contributed by atoms with van der Waals surface area (Å²) in [5.74, 6) is -1.02. The monoisotopic (exact) mass is 260 g/mol. The number of aromatic carboxylic acids is 1. The van der Waals surface area contributed by atoms with Gasteiger partial charge in [-0.3, -0.25) is 0 Å². The summed E-state index contributed by atoms with van der Waals surface area (Å²) in [7, 11) is 0. The quantitative estimate of drug-likeness (QED) is 0.662. The maximum Gasteiger partial charge on any atom is 0.347 e. The minimum atomic E-state index is -1.35. The Hall–Kier alpha value is -0.920. The molecule has 0 aromatic carbocycles. The zero-order valence-electron chi connectivity index (χ0n) is 9.13. The molecule has 0 aliphatic carbocycles. The second-order valence-corrected chi connectivity index (χ2v) is 6.96. The van der Waals surface area contributed by atoms with E-state index in [2.05, 4.69) is 9.38 Å². The van der Waals surface area contributed by atoms with E-state index in [1.54, 1.807) is 0 Å². The molecule has 0 spiro atoms. The Kier molecular flexibility index (Phi) is 4.06. The van der Waals surface area contributed by atoms with Gasteiger partial charge in [-0.1, -0.05) is 4.40 Å². The van der Waals surface area contributed by atoms with E-state index in [0.29, 0.717) is 5.01 Å². The van der Waals surface area contributed by atoms with Crippen molar-refractivity contribution in [3.8, 4) is 0 Å². The van der Waals surface area contributed by atoms with Crippen LogP contribution in [0.4, 0.5) is 0 Å². The highest BCUT2D eigenvalue weighted by atomic mass is 32.2. The standard InChI is InChI=1S/C9H12N2O3S2/c1-9(2,3)16(14)11-5-7-10-4-6(15-7)8(12)13/h4-5H,1-3H3,(H,12,13)/b11-5+. The fraction of sp³-hybridized carbons (Fsp3) is 0.444. The SMILES string of the molecule is CC(C)(C)[S+]([O-])/N=C/c1ncc(C(=O)O)s1. The number of hydrogen-bond donors (Lipinski definition) is 1. The van der Waals surface area contributed by atoms with Gasteiger partial charge in [-0.05, 0) is 20.8 Å². The van der Waals surface area contributed by atoms with E-state index in [4.69, 9.17) is 5.11 Å². The Balaban J connectivity index is 2.73. The summed E-state index contributed by atoms with van der Waals surface area (Å²) in [6.07, 6.45) is 2.60. The summed E-state index contributed by atoms with van der Waals surface area (Å²) in [6.45, 7) is 5.43. The molecule has 1 aromatic rings. The van der Waals surface area contributed by atoms with Gasteiger partial charge in [0, 0.05) is 0 Å². The molecular weight excluding hydrogens is 248 g/mol. The molecule has 88 valence electrons. The van der Waals surface area contributed by atoms with Gasteiger partial charge in [-0.25, -0.2) is 9.78 Å². The van der Waals surface area contributed by atoms with Gasteiger partial charge in [0.05, 0.1) is 6.20 Å². The number of thiazole rings is 1. The first kappa shape index (κ1) is 13.1. The van der Waals surface area contributed by atoms with Crippen LogP contribution < -0.4 is 0 Å². The summed E-state index contributed by atoms with van der Waals surface area (Å²) in [4.78, 5) is 14.6. The summed E-state index contributed by atoms with van der Waals surface area (Å²) < 4.78 is 15.0. The van der Waals surface area contributed by atoms with Crippen LogP contribution in [0.2, 0.25) is 0 Å². The molecule has 0 aliphatic heterocycles. The van der Waals surface area contributed by atoms with Crippen molar-refractivity contribution in [3.05, 3.63) is 16.1 Å². The van der Waals surface area contributed by atoms with Crippen molar-refractivity contribution >= 4 is 34.9 Å². The molecule has 0 radical (unpaired) electrons. The minimum absolute atomic E-state index is 0.142. The third-order valence-corrected chi connectivity index (χ3v) is 3.78. The van der Waals surface area contributed by atoms with Crippen LogP contribution in [0.1, 0.15) is 35.5 Å². The van der Waals surface area contributed by atoms with Gasteiger partial charge in [-0.15, -0.1) is 11.3 Å². The molecule has 0 bridgehead atoms. The molecule has 0 saturated carbocycles. The van der Waals surface area contributed by atoms with E-state index in [9.17, 15) is 9.35 Å². The summed E-state index contributed by atoms with van der Waals surface area (Å²) in [5.41, 5.74) is 0. The van der Waals surface area contributed by atoms with Crippen LogP contribution >= 0.6 is 11.3 Å². The van der Waals surface area contributed by atoms with Crippen molar-refractivity contribution in [2.24, 2.45) is 4.40 Å². The smallest absolute Gasteiger partial charge is 0.347 e. The molecule has 1 rings (SSSR count). The number of carbonyl (C=O) groups is 1. The predicted molar refractivity (Wildman–Crippen MR) is 64.6 cm³/mol. The van der Waals surface area contributed by atoms with E-state index in [-0.39, 0.29) is 4.88 Å². The van der Waals surface area contributed by atoms with Crippen LogP contribution in [-0.4, -0.2) is 31.6 Å². The number of carboxylic acids is 1. The first-order valence-electron chi connectivity index (χ1n) is 4.46. The first-order valence-corrected chi connectivity index (χ1v) is 6.38. The van der Waals surface area contributed by atoms with Crippen molar-refractivity contribution in [1.29, 1.82) is 0 Å². The Morgan fingerprint density at radius 1 is 1.69 bits per heavy atom. The lowest BCUT2D eigenvalue weighted by Crippen LogP contribution is -2.25. The van der Waals surface area contributed by atoms with E-state index in [0.717, 1.165) is 11.3 Å². The molecule has 16 heavy (non-hydrogen) atoms. The fourth-order valence-electron chi connectivity index (χ4n) is 0.697. The number of nitrogens with zero attached hydrogens (tertiary/aromatic N) is 2. The summed E-state index contributed by atoms with van der Waals surface area (Å²) in [5, 5.41) is 9.11. The zero-order valence-corrected chi connectivity index (χ0v) is 10.8. The van der Waals surface area contributed by atoms with Gasteiger partial charge in [-0.2, -0.15) is 0 Å². The molecule has 0 amide bonds. The Labute approximate surface area is 101 Å². The molecule has 0 fully saturated rings. The zero-order chi connectivity index (χ0) is 12.3. The molecule has 1 N–H and O–H groups in total. The van der Waals surface area contributed by atoms with Crippen LogP contribution in [0.3, 0.4) is 0 Å². The highest BCUT2D eigenvalue weighted by Crippen LogP contribution is 2.17. The van der Waals surface area contributed by atoms with Crippen LogP contribution in [0, 0.1) is 0 Å². The van der Waals surface area contributed by atoms with E-state index in [1.807, 2.05) is 20.8 Å². The Morgan fingerprint density at radius 2 is 2.31 bits per heavy atom. The van der Waals surface area contributed by atoms with Crippen molar-refractivity contribution in [1.82, 2.24) is 4.98 Å². The molecule has 7 heteroatoms. The average molecular weight is 260 g/mol. The van der Waals surface area contributed by atoms with Crippen LogP contribution in [0.15, 0.2) is 10.6 Å². The third kappa shape index (κ3) is 3.58. The fourth-order valence-corrected chi connectivity index (χ4v) is 1.90. The van der Waals surface area contributed by atoms with E-state index in [1.165, 1.54) is 12.4 Å². The van der Waals surface area contributed by atoms with Crippen molar-refractivity contribution < 1.29 is 14.5 Å². The average Bonchev–Trinajstić information content (AvgIpc) is 2.60. The number of aromatic nitrogens is 1. The lowest BCUT2D eigenvalue weighted by atomic mass is 10.3. The number of carboxylic acid groups (broad SMARTS) is 1. The van der Waals surface area contributed by atoms with Gasteiger partial charge in [0.25, 0.3) is 0 Å². The summed E-state index contributed by atoms with van der Waals surface area (Å²) in [6, 6.07) is 0. The molecular formula is C9H12N2O3S2. The van der Waals surface area contributed by atoms with Crippen LogP contribution in [-0.2, 0) is 11.4 Å². The van der Waals surface area contributed by atoms with E-state index >= 15 is 0 Å². The molecule has 1 heterocycles. The second-order valence-electron chi connectivity index (χ2n) is 3.96. The summed E-state index contributed by atoms with van der Waals surface area (Å²) >= 11 is -0.351. The van der Waals surface area contributed by atoms with Gasteiger partial charge >= 0.3 is 5.97 Å². The van der Waals surface area contributed by atoms with Gasteiger partial charge in [0.1, 0.15) is 32.2 Å². The molecule has 5 nitrogen and oxygen atoms in total. The predicted octanol–water partition coefficient (Wildman–Crippen LogP) is 1.72. The normalized spacial score (nSPS) is 14.2. The molecule has 0 saturated heterocycles. The molecule has 0 aliphatic rings. The Morgan fingerprint density at radius 3 is 2.75 bits per heavy atom. The van der Waals surface area contributed by atoms with Crippen molar-refractivity contribution in [2.45, 2.75) is 25.5 Å². The van der Waals surface area contributed by atoms with Crippen molar-refractivity contribution in [2.75, 3.05) is 0 Å². The van der Waals surface area contributed by atoms with Crippen LogP contribution in [0.25, 0.3) is 0 Å².